The molecular weight excluding hydrogens is 336 g/mol. The molecule has 0 amide bonds. The van der Waals surface area contributed by atoms with Crippen LogP contribution in [0.2, 0.25) is 0 Å². The predicted molar refractivity (Wildman–Crippen MR) is 110 cm³/mol. The van der Waals surface area contributed by atoms with Gasteiger partial charge in [0.1, 0.15) is 5.82 Å². The van der Waals surface area contributed by atoms with E-state index in [0.29, 0.717) is 18.4 Å². The summed E-state index contributed by atoms with van der Waals surface area (Å²) in [5, 5.41) is 3.40. The van der Waals surface area contributed by atoms with Crippen LogP contribution in [-0.2, 0) is 6.54 Å². The maximum atomic E-state index is 5.90. The van der Waals surface area contributed by atoms with Gasteiger partial charge < -0.3 is 16.0 Å². The summed E-state index contributed by atoms with van der Waals surface area (Å²) in [6.45, 7) is 2.75. The number of nitrogens with zero attached hydrogens (tertiary/aromatic N) is 4. The van der Waals surface area contributed by atoms with E-state index in [0.717, 1.165) is 36.1 Å². The lowest BCUT2D eigenvalue weighted by Gasteiger charge is -2.28. The van der Waals surface area contributed by atoms with E-state index >= 15 is 0 Å². The summed E-state index contributed by atoms with van der Waals surface area (Å²) in [6.07, 6.45) is 10.0. The van der Waals surface area contributed by atoms with Crippen molar-refractivity contribution in [3.05, 3.63) is 35.7 Å². The van der Waals surface area contributed by atoms with E-state index in [1.165, 1.54) is 51.4 Å². The molecule has 2 aromatic rings. The average molecular weight is 367 g/mol. The largest absolute Gasteiger partial charge is 0.399 e. The molecule has 0 atom stereocenters. The van der Waals surface area contributed by atoms with Gasteiger partial charge in [-0.25, -0.2) is 0 Å². The summed E-state index contributed by atoms with van der Waals surface area (Å²) < 4.78 is 0. The first-order chi connectivity index (χ1) is 13.3. The molecule has 2 fully saturated rings. The van der Waals surface area contributed by atoms with Gasteiger partial charge in [0.25, 0.3) is 0 Å². The Morgan fingerprint density at radius 2 is 1.74 bits per heavy atom. The molecule has 27 heavy (non-hydrogen) atoms. The Morgan fingerprint density at radius 3 is 2.52 bits per heavy atom. The number of anilines is 3. The predicted octanol–water partition coefficient (Wildman–Crippen LogP) is 4.10. The van der Waals surface area contributed by atoms with Crippen LogP contribution < -0.4 is 16.0 Å². The molecule has 2 heterocycles. The van der Waals surface area contributed by atoms with Gasteiger partial charge in [0.15, 0.2) is 0 Å². The Hall–Kier alpha value is -2.37. The maximum absolute atomic E-state index is 5.90. The van der Waals surface area contributed by atoms with E-state index in [-0.39, 0.29) is 0 Å². The second-order valence-corrected chi connectivity index (χ2v) is 7.80. The van der Waals surface area contributed by atoms with Crippen LogP contribution in [0, 0.1) is 0 Å². The van der Waals surface area contributed by atoms with Crippen LogP contribution in [0.25, 0.3) is 0 Å². The molecule has 1 aliphatic heterocycles. The molecule has 0 spiro atoms. The smallest absolute Gasteiger partial charge is 0.230 e. The molecule has 0 radical (unpaired) electrons. The monoisotopic (exact) mass is 366 g/mol. The fourth-order valence-electron chi connectivity index (χ4n) is 4.12. The first kappa shape index (κ1) is 18.0. The van der Waals surface area contributed by atoms with Crippen molar-refractivity contribution in [3.63, 3.8) is 0 Å². The van der Waals surface area contributed by atoms with E-state index in [9.17, 15) is 0 Å². The van der Waals surface area contributed by atoms with Gasteiger partial charge in [0.2, 0.25) is 11.9 Å². The van der Waals surface area contributed by atoms with E-state index in [1.807, 2.05) is 18.2 Å². The van der Waals surface area contributed by atoms with Crippen LogP contribution in [0.3, 0.4) is 0 Å². The molecule has 1 saturated carbocycles. The third-order valence-electron chi connectivity index (χ3n) is 5.65. The normalized spacial score (nSPS) is 18.4. The number of hydrogen-bond donors (Lipinski definition) is 2. The van der Waals surface area contributed by atoms with E-state index in [4.69, 9.17) is 20.7 Å². The molecule has 1 aromatic heterocycles. The number of rotatable bonds is 5. The first-order valence-electron chi connectivity index (χ1n) is 10.4. The fraction of sp³-hybridized carbons (Fsp3) is 0.571. The lowest BCUT2D eigenvalue weighted by Crippen LogP contribution is -2.32. The number of nitrogens with two attached hydrogens (primary N) is 1. The molecule has 6 nitrogen and oxygen atoms in total. The summed E-state index contributed by atoms with van der Waals surface area (Å²) in [4.78, 5) is 16.8. The van der Waals surface area contributed by atoms with Gasteiger partial charge >= 0.3 is 0 Å². The Bertz CT molecular complexity index is 714. The summed E-state index contributed by atoms with van der Waals surface area (Å²) in [6, 6.07) is 7.94. The SMILES string of the molecule is Nc1cccc(CNc2nc(C3CCCCC3)nc(N3CCCCC3)n2)c1. The molecule has 1 saturated heterocycles. The van der Waals surface area contributed by atoms with Crippen molar-refractivity contribution in [3.8, 4) is 0 Å². The summed E-state index contributed by atoms with van der Waals surface area (Å²) in [5.41, 5.74) is 7.81. The summed E-state index contributed by atoms with van der Waals surface area (Å²) in [5.74, 6) is 2.98. The van der Waals surface area contributed by atoms with Crippen LogP contribution in [-0.4, -0.2) is 28.0 Å². The van der Waals surface area contributed by atoms with E-state index < -0.39 is 0 Å². The lowest BCUT2D eigenvalue weighted by atomic mass is 9.89. The third-order valence-corrected chi connectivity index (χ3v) is 5.65. The van der Waals surface area contributed by atoms with Crippen molar-refractivity contribution in [2.45, 2.75) is 63.8 Å². The van der Waals surface area contributed by atoms with Crippen LogP contribution in [0.4, 0.5) is 17.6 Å². The minimum absolute atomic E-state index is 0.471. The second-order valence-electron chi connectivity index (χ2n) is 7.80. The molecule has 144 valence electrons. The van der Waals surface area contributed by atoms with Crippen LogP contribution in [0.5, 0.6) is 0 Å². The van der Waals surface area contributed by atoms with Gasteiger partial charge in [-0.05, 0) is 49.8 Å². The van der Waals surface area contributed by atoms with Gasteiger partial charge in [0.05, 0.1) is 0 Å². The maximum Gasteiger partial charge on any atom is 0.230 e. The van der Waals surface area contributed by atoms with Crippen molar-refractivity contribution >= 4 is 17.6 Å². The van der Waals surface area contributed by atoms with Crippen molar-refractivity contribution in [1.82, 2.24) is 15.0 Å². The molecule has 6 heteroatoms. The Balaban J connectivity index is 1.56. The number of aromatic nitrogens is 3. The zero-order valence-electron chi connectivity index (χ0n) is 16.0. The Morgan fingerprint density at radius 1 is 0.963 bits per heavy atom. The van der Waals surface area contributed by atoms with Crippen LogP contribution >= 0.6 is 0 Å². The van der Waals surface area contributed by atoms with Crippen LogP contribution in [0.15, 0.2) is 24.3 Å². The fourth-order valence-corrected chi connectivity index (χ4v) is 4.12. The lowest BCUT2D eigenvalue weighted by molar-refractivity contribution is 0.427. The molecule has 4 rings (SSSR count). The number of nitrogen functional groups attached to an aromatic ring is 1. The van der Waals surface area contributed by atoms with Gasteiger partial charge in [-0.1, -0.05) is 31.4 Å². The quantitative estimate of drug-likeness (QED) is 0.776. The Kier molecular flexibility index (Phi) is 5.70. The molecule has 0 bridgehead atoms. The molecule has 3 N–H and O–H groups in total. The third kappa shape index (κ3) is 4.67. The van der Waals surface area contributed by atoms with Crippen molar-refractivity contribution in [1.29, 1.82) is 0 Å². The standard InChI is InChI=1S/C21H30N6/c22-18-11-7-8-16(14-18)15-23-20-24-19(17-9-3-1-4-10-17)25-21(26-20)27-12-5-2-6-13-27/h7-8,11,14,17H,1-6,9-10,12-13,15,22H2,(H,23,24,25,26). The number of hydrogen-bond acceptors (Lipinski definition) is 6. The first-order valence-corrected chi connectivity index (χ1v) is 10.4. The second kappa shape index (κ2) is 8.55. The van der Waals surface area contributed by atoms with E-state index in [2.05, 4.69) is 16.3 Å². The highest BCUT2D eigenvalue weighted by Gasteiger charge is 2.22. The van der Waals surface area contributed by atoms with E-state index in [1.54, 1.807) is 0 Å². The highest BCUT2D eigenvalue weighted by Crippen LogP contribution is 2.32. The zero-order valence-corrected chi connectivity index (χ0v) is 16.0. The average Bonchev–Trinajstić information content (AvgIpc) is 2.73. The van der Waals surface area contributed by atoms with Crippen LogP contribution in [0.1, 0.15) is 68.7 Å². The van der Waals surface area contributed by atoms with Crippen molar-refractivity contribution in [2.75, 3.05) is 29.0 Å². The minimum atomic E-state index is 0.471. The topological polar surface area (TPSA) is 80.0 Å². The highest BCUT2D eigenvalue weighted by molar-refractivity contribution is 5.43. The van der Waals surface area contributed by atoms with Gasteiger partial charge in [-0.15, -0.1) is 0 Å². The van der Waals surface area contributed by atoms with Crippen molar-refractivity contribution in [2.24, 2.45) is 0 Å². The molecule has 0 unspecified atom stereocenters. The molecule has 1 aliphatic carbocycles. The number of piperidine rings is 1. The molecule has 1 aromatic carbocycles. The Labute approximate surface area is 161 Å². The minimum Gasteiger partial charge on any atom is -0.399 e. The van der Waals surface area contributed by atoms with Gasteiger partial charge in [-0.3, -0.25) is 0 Å². The van der Waals surface area contributed by atoms with Gasteiger partial charge in [-0.2, -0.15) is 15.0 Å². The molecule has 2 aliphatic rings. The highest BCUT2D eigenvalue weighted by atomic mass is 15.3. The molecular formula is C21H30N6. The summed E-state index contributed by atoms with van der Waals surface area (Å²) >= 11 is 0. The zero-order chi connectivity index (χ0) is 18.5. The number of nitrogens with one attached hydrogen (secondary N) is 1. The number of benzene rings is 1. The van der Waals surface area contributed by atoms with Gasteiger partial charge in [0, 0.05) is 31.2 Å². The summed E-state index contributed by atoms with van der Waals surface area (Å²) in [7, 11) is 0. The van der Waals surface area contributed by atoms with Crippen molar-refractivity contribution < 1.29 is 0 Å².